The first kappa shape index (κ1) is 13.9. The van der Waals surface area contributed by atoms with Crippen LogP contribution < -0.4 is 10.1 Å². The Bertz CT molecular complexity index is 355. The summed E-state index contributed by atoms with van der Waals surface area (Å²) in [5.74, 6) is -0.0965. The van der Waals surface area contributed by atoms with E-state index in [4.69, 9.17) is 4.74 Å². The molecule has 2 N–H and O–H groups in total. The fraction of sp³-hybridized carbons (Fsp3) is 0.538. The van der Waals surface area contributed by atoms with Crippen molar-refractivity contribution in [2.24, 2.45) is 0 Å². The third-order valence-electron chi connectivity index (χ3n) is 2.57. The van der Waals surface area contributed by atoms with Crippen molar-refractivity contribution in [1.82, 2.24) is 5.32 Å². The molecule has 0 fully saturated rings. The van der Waals surface area contributed by atoms with Crippen LogP contribution in [0.3, 0.4) is 0 Å². The minimum absolute atomic E-state index is 0.195. The normalized spacial score (nSPS) is 14.4. The van der Waals surface area contributed by atoms with Gasteiger partial charge in [-0.3, -0.25) is 0 Å². The number of benzene rings is 1. The quantitative estimate of drug-likeness (QED) is 0.801. The second-order valence-electron chi connectivity index (χ2n) is 4.34. The van der Waals surface area contributed by atoms with Crippen molar-refractivity contribution in [1.29, 1.82) is 0 Å². The highest BCUT2D eigenvalue weighted by molar-refractivity contribution is 5.29. The number of hydrogen-bond acceptors (Lipinski definition) is 3. The first-order valence-electron chi connectivity index (χ1n) is 5.76. The Morgan fingerprint density at radius 3 is 2.65 bits per heavy atom. The zero-order chi connectivity index (χ0) is 12.8. The smallest absolute Gasteiger partial charge is 0.165 e. The maximum absolute atomic E-state index is 13.4. The van der Waals surface area contributed by atoms with Crippen molar-refractivity contribution in [2.75, 3.05) is 7.11 Å². The molecular weight excluding hydrogens is 221 g/mol. The second-order valence-corrected chi connectivity index (χ2v) is 4.34. The average Bonchev–Trinajstić information content (AvgIpc) is 2.25. The van der Waals surface area contributed by atoms with Crippen LogP contribution in [0.25, 0.3) is 0 Å². The molecule has 96 valence electrons. The van der Waals surface area contributed by atoms with E-state index in [1.165, 1.54) is 13.2 Å². The second kappa shape index (κ2) is 6.57. The molecule has 0 aromatic heterocycles. The third kappa shape index (κ3) is 4.71. The van der Waals surface area contributed by atoms with Crippen molar-refractivity contribution >= 4 is 0 Å². The molecule has 0 heterocycles. The number of methoxy groups -OCH3 is 1. The molecule has 0 amide bonds. The number of nitrogens with one attached hydrogen (secondary N) is 1. The van der Waals surface area contributed by atoms with Gasteiger partial charge in [0.15, 0.2) is 11.6 Å². The number of ether oxygens (including phenoxy) is 1. The van der Waals surface area contributed by atoms with Gasteiger partial charge in [0.1, 0.15) is 0 Å². The molecule has 0 saturated carbocycles. The molecule has 0 aliphatic carbocycles. The first-order chi connectivity index (χ1) is 8.02. The number of halogens is 1. The number of aliphatic hydroxyl groups excluding tert-OH is 1. The first-order valence-corrected chi connectivity index (χ1v) is 5.76. The molecule has 0 spiro atoms. The molecule has 2 atom stereocenters. The molecule has 17 heavy (non-hydrogen) atoms. The molecule has 1 aromatic carbocycles. The zero-order valence-electron chi connectivity index (χ0n) is 10.5. The van der Waals surface area contributed by atoms with Gasteiger partial charge >= 0.3 is 0 Å². The number of rotatable bonds is 6. The van der Waals surface area contributed by atoms with Crippen LogP contribution >= 0.6 is 0 Å². The van der Waals surface area contributed by atoms with Gasteiger partial charge in [0.05, 0.1) is 13.2 Å². The van der Waals surface area contributed by atoms with Gasteiger partial charge in [-0.25, -0.2) is 4.39 Å². The van der Waals surface area contributed by atoms with Gasteiger partial charge in [0, 0.05) is 12.6 Å². The summed E-state index contributed by atoms with van der Waals surface area (Å²) in [4.78, 5) is 0. The van der Waals surface area contributed by atoms with Crippen molar-refractivity contribution < 1.29 is 14.2 Å². The van der Waals surface area contributed by atoms with Crippen LogP contribution in [-0.2, 0) is 6.54 Å². The van der Waals surface area contributed by atoms with Crippen molar-refractivity contribution in [3.05, 3.63) is 29.6 Å². The molecule has 4 heteroatoms. The Labute approximate surface area is 102 Å². The molecule has 0 bridgehead atoms. The van der Waals surface area contributed by atoms with Crippen LogP contribution in [0.4, 0.5) is 4.39 Å². The van der Waals surface area contributed by atoms with Gasteiger partial charge in [0.2, 0.25) is 0 Å². The predicted octanol–water partition coefficient (Wildman–Crippen LogP) is 2.08. The topological polar surface area (TPSA) is 41.5 Å². The van der Waals surface area contributed by atoms with E-state index in [1.807, 2.05) is 13.0 Å². The molecule has 0 radical (unpaired) electrons. The van der Waals surface area contributed by atoms with Crippen LogP contribution in [-0.4, -0.2) is 24.4 Å². The lowest BCUT2D eigenvalue weighted by Gasteiger charge is -2.15. The summed E-state index contributed by atoms with van der Waals surface area (Å²) in [6, 6.07) is 5.09. The van der Waals surface area contributed by atoms with Gasteiger partial charge in [0.25, 0.3) is 0 Å². The molecular formula is C13H20FNO2. The van der Waals surface area contributed by atoms with Crippen LogP contribution in [0, 0.1) is 5.82 Å². The van der Waals surface area contributed by atoms with Crippen LogP contribution in [0.15, 0.2) is 18.2 Å². The largest absolute Gasteiger partial charge is 0.494 e. The monoisotopic (exact) mass is 241 g/mol. The maximum Gasteiger partial charge on any atom is 0.165 e. The Hall–Kier alpha value is -1.13. The van der Waals surface area contributed by atoms with Crippen molar-refractivity contribution in [2.45, 2.75) is 39.0 Å². The summed E-state index contributed by atoms with van der Waals surface area (Å²) in [6.45, 7) is 4.33. The van der Waals surface area contributed by atoms with Gasteiger partial charge in [-0.05, 0) is 38.0 Å². The summed E-state index contributed by atoms with van der Waals surface area (Å²) < 4.78 is 18.2. The Morgan fingerprint density at radius 1 is 1.41 bits per heavy atom. The zero-order valence-corrected chi connectivity index (χ0v) is 10.5. The fourth-order valence-corrected chi connectivity index (χ4v) is 1.71. The van der Waals surface area contributed by atoms with Crippen LogP contribution in [0.5, 0.6) is 5.75 Å². The highest BCUT2D eigenvalue weighted by Gasteiger charge is 2.07. The maximum atomic E-state index is 13.4. The molecule has 1 rings (SSSR count). The molecule has 0 aliphatic rings. The standard InChI is InChI=1S/C13H20FNO2/c1-9(6-10(2)16)15-8-11-4-5-13(17-3)12(14)7-11/h4-5,7,9-10,15-16H,6,8H2,1-3H3. The molecule has 0 aliphatic heterocycles. The fourth-order valence-electron chi connectivity index (χ4n) is 1.71. The summed E-state index contributed by atoms with van der Waals surface area (Å²) in [7, 11) is 1.45. The summed E-state index contributed by atoms with van der Waals surface area (Å²) in [5.41, 5.74) is 0.862. The van der Waals surface area contributed by atoms with E-state index in [0.717, 1.165) is 5.56 Å². The van der Waals surface area contributed by atoms with Gasteiger partial charge in [-0.1, -0.05) is 6.07 Å². The minimum atomic E-state index is -0.352. The average molecular weight is 241 g/mol. The van der Waals surface area contributed by atoms with Crippen molar-refractivity contribution in [3.8, 4) is 5.75 Å². The SMILES string of the molecule is COc1ccc(CNC(C)CC(C)O)cc1F. The molecule has 3 nitrogen and oxygen atoms in total. The summed E-state index contributed by atoms with van der Waals surface area (Å²) in [5, 5.41) is 12.4. The van der Waals surface area contributed by atoms with E-state index >= 15 is 0 Å². The number of hydrogen-bond donors (Lipinski definition) is 2. The Morgan fingerprint density at radius 2 is 2.12 bits per heavy atom. The van der Waals surface area contributed by atoms with E-state index in [9.17, 15) is 9.50 Å². The van der Waals surface area contributed by atoms with Gasteiger partial charge < -0.3 is 15.2 Å². The highest BCUT2D eigenvalue weighted by Crippen LogP contribution is 2.17. The van der Waals surface area contributed by atoms with E-state index in [2.05, 4.69) is 5.32 Å². The van der Waals surface area contributed by atoms with Crippen LogP contribution in [0.1, 0.15) is 25.8 Å². The molecule has 0 saturated heterocycles. The Kier molecular flexibility index (Phi) is 5.38. The number of aliphatic hydroxyl groups is 1. The van der Waals surface area contributed by atoms with E-state index in [-0.39, 0.29) is 23.7 Å². The summed E-state index contributed by atoms with van der Waals surface area (Å²) >= 11 is 0. The van der Waals surface area contributed by atoms with E-state index in [0.29, 0.717) is 13.0 Å². The lowest BCUT2D eigenvalue weighted by atomic mass is 10.1. The molecule has 2 unspecified atom stereocenters. The van der Waals surface area contributed by atoms with E-state index in [1.54, 1.807) is 13.0 Å². The minimum Gasteiger partial charge on any atom is -0.494 e. The highest BCUT2D eigenvalue weighted by atomic mass is 19.1. The van der Waals surface area contributed by atoms with Gasteiger partial charge in [-0.2, -0.15) is 0 Å². The summed E-state index contributed by atoms with van der Waals surface area (Å²) in [6.07, 6.45) is 0.351. The molecule has 1 aromatic rings. The predicted molar refractivity (Wildman–Crippen MR) is 65.6 cm³/mol. The lowest BCUT2D eigenvalue weighted by Crippen LogP contribution is -2.28. The van der Waals surface area contributed by atoms with Gasteiger partial charge in [-0.15, -0.1) is 0 Å². The van der Waals surface area contributed by atoms with Crippen molar-refractivity contribution in [3.63, 3.8) is 0 Å². The van der Waals surface area contributed by atoms with E-state index < -0.39 is 0 Å². The van der Waals surface area contributed by atoms with Crippen LogP contribution in [0.2, 0.25) is 0 Å². The Balaban J connectivity index is 2.49. The lowest BCUT2D eigenvalue weighted by molar-refractivity contribution is 0.170. The third-order valence-corrected chi connectivity index (χ3v) is 2.57.